The second kappa shape index (κ2) is 13.6. The molecule has 13 heteroatoms. The summed E-state index contributed by atoms with van der Waals surface area (Å²) in [6.07, 6.45) is -9.74. The number of hydrogen-bond acceptors (Lipinski definition) is 10. The van der Waals surface area contributed by atoms with Crippen LogP contribution in [0.15, 0.2) is 0 Å². The lowest BCUT2D eigenvalue weighted by Gasteiger charge is -2.30. The van der Waals surface area contributed by atoms with Crippen molar-refractivity contribution in [3.8, 4) is 0 Å². The minimum Gasteiger partial charge on any atom is -0.388 e. The first-order chi connectivity index (χ1) is 16.8. The highest BCUT2D eigenvalue weighted by molar-refractivity contribution is 5.78. The Bertz CT molecular complexity index is 700. The van der Waals surface area contributed by atoms with Gasteiger partial charge in [-0.3, -0.25) is 14.4 Å². The number of aliphatic hydroxyl groups excluding tert-OH is 4. The quantitative estimate of drug-likeness (QED) is 0.158. The summed E-state index contributed by atoms with van der Waals surface area (Å²) in [5.74, 6) is -1.20. The third-order valence-electron chi connectivity index (χ3n) is 6.02. The number of ether oxygens (including phenoxy) is 3. The van der Waals surface area contributed by atoms with Crippen molar-refractivity contribution in [1.82, 2.24) is 15.5 Å². The van der Waals surface area contributed by atoms with Crippen LogP contribution in [0.5, 0.6) is 0 Å². The van der Waals surface area contributed by atoms with Gasteiger partial charge >= 0.3 is 0 Å². The van der Waals surface area contributed by atoms with E-state index in [2.05, 4.69) is 10.6 Å². The standard InChI is InChI=1S/C23H41N3O10/c1-11(2)24-17(27)6-13-20(30)22(32)15(35-13)8-26(19(29)10-34-5)9-16-23(33)21(31)14(36-16)7-18(28)25-12(3)4/h11-16,20-23,30-33H,6-10H2,1-5H3,(H,24,27)(H,25,28)/t13-,14-,15+,16+,20-,21-,22+,23+/m0/s1. The topological polar surface area (TPSA) is 187 Å². The zero-order valence-electron chi connectivity index (χ0n) is 21.5. The first-order valence-corrected chi connectivity index (χ1v) is 12.2. The van der Waals surface area contributed by atoms with Crippen LogP contribution in [-0.2, 0) is 28.6 Å². The summed E-state index contributed by atoms with van der Waals surface area (Å²) in [4.78, 5) is 38.1. The molecule has 0 radical (unpaired) electrons. The van der Waals surface area contributed by atoms with Crippen LogP contribution in [-0.4, -0.2) is 131 Å². The van der Waals surface area contributed by atoms with Gasteiger partial charge in [-0.25, -0.2) is 0 Å². The maximum absolute atomic E-state index is 12.7. The number of amides is 3. The van der Waals surface area contributed by atoms with Crippen LogP contribution in [0.4, 0.5) is 0 Å². The fraction of sp³-hybridized carbons (Fsp3) is 0.870. The summed E-state index contributed by atoms with van der Waals surface area (Å²) < 4.78 is 16.4. The fourth-order valence-electron chi connectivity index (χ4n) is 4.35. The van der Waals surface area contributed by atoms with Gasteiger partial charge in [0.25, 0.3) is 0 Å². The number of aliphatic hydroxyl groups is 4. The number of nitrogens with zero attached hydrogens (tertiary/aromatic N) is 1. The van der Waals surface area contributed by atoms with E-state index >= 15 is 0 Å². The number of carbonyl (C=O) groups is 3. The van der Waals surface area contributed by atoms with E-state index in [1.807, 2.05) is 0 Å². The largest absolute Gasteiger partial charge is 0.388 e. The molecule has 2 aliphatic heterocycles. The third-order valence-corrected chi connectivity index (χ3v) is 6.02. The molecule has 2 heterocycles. The summed E-state index contributed by atoms with van der Waals surface area (Å²) in [5.41, 5.74) is 0. The number of nitrogens with one attached hydrogen (secondary N) is 2. The summed E-state index contributed by atoms with van der Waals surface area (Å²) in [5, 5.41) is 47.2. The molecular weight excluding hydrogens is 478 g/mol. The second-order valence-corrected chi connectivity index (χ2v) is 9.97. The van der Waals surface area contributed by atoms with E-state index in [-0.39, 0.29) is 56.4 Å². The molecule has 0 aromatic rings. The fourth-order valence-corrected chi connectivity index (χ4v) is 4.35. The minimum absolute atomic E-state index is 0.104. The van der Waals surface area contributed by atoms with Gasteiger partial charge in [-0.15, -0.1) is 0 Å². The van der Waals surface area contributed by atoms with Crippen molar-refractivity contribution in [2.24, 2.45) is 0 Å². The average molecular weight is 520 g/mol. The summed E-state index contributed by atoms with van der Waals surface area (Å²) in [6.45, 7) is 6.47. The molecule has 8 atom stereocenters. The SMILES string of the molecule is COCC(=O)N(C[C@H]1O[C@@H](CC(=O)NC(C)C)[C@H](O)[C@@H]1O)C[C@H]1O[C@@H](CC(=O)NC(C)C)[C@H](O)[C@@H]1O. The van der Waals surface area contributed by atoms with Crippen LogP contribution in [0.25, 0.3) is 0 Å². The molecule has 2 saturated heterocycles. The van der Waals surface area contributed by atoms with E-state index in [0.29, 0.717) is 0 Å². The van der Waals surface area contributed by atoms with Gasteiger partial charge in [0.15, 0.2) is 0 Å². The Hall–Kier alpha value is -1.87. The molecule has 0 aromatic heterocycles. The van der Waals surface area contributed by atoms with Gasteiger partial charge < -0.3 is 50.2 Å². The molecule has 0 aliphatic carbocycles. The van der Waals surface area contributed by atoms with Crippen molar-refractivity contribution < 1.29 is 49.0 Å². The average Bonchev–Trinajstić information content (AvgIpc) is 3.17. The first-order valence-electron chi connectivity index (χ1n) is 12.2. The zero-order valence-corrected chi connectivity index (χ0v) is 21.5. The lowest BCUT2D eigenvalue weighted by molar-refractivity contribution is -0.142. The van der Waals surface area contributed by atoms with Crippen LogP contribution in [0.2, 0.25) is 0 Å². The Morgan fingerprint density at radius 1 is 0.750 bits per heavy atom. The van der Waals surface area contributed by atoms with Gasteiger partial charge in [0.05, 0.1) is 25.0 Å². The molecule has 13 nitrogen and oxygen atoms in total. The first kappa shape index (κ1) is 30.4. The Kier molecular flexibility index (Phi) is 11.5. The van der Waals surface area contributed by atoms with E-state index < -0.39 is 54.7 Å². The van der Waals surface area contributed by atoms with Crippen molar-refractivity contribution >= 4 is 17.7 Å². The molecule has 36 heavy (non-hydrogen) atoms. The van der Waals surface area contributed by atoms with Crippen molar-refractivity contribution in [3.05, 3.63) is 0 Å². The molecular formula is C23H41N3O10. The summed E-state index contributed by atoms with van der Waals surface area (Å²) in [6, 6.07) is -0.209. The normalized spacial score (nSPS) is 32.2. The van der Waals surface area contributed by atoms with Crippen LogP contribution in [0, 0.1) is 0 Å². The molecule has 0 saturated carbocycles. The van der Waals surface area contributed by atoms with E-state index in [0.717, 1.165) is 0 Å². The van der Waals surface area contributed by atoms with Crippen molar-refractivity contribution in [2.75, 3.05) is 26.8 Å². The Balaban J connectivity index is 2.06. The van der Waals surface area contributed by atoms with E-state index in [1.165, 1.54) is 12.0 Å². The predicted octanol–water partition coefficient (Wildman–Crippen LogP) is -2.73. The van der Waals surface area contributed by atoms with Gasteiger partial charge in [-0.1, -0.05) is 0 Å². The maximum atomic E-state index is 12.7. The molecule has 0 unspecified atom stereocenters. The second-order valence-electron chi connectivity index (χ2n) is 9.97. The highest BCUT2D eigenvalue weighted by Gasteiger charge is 2.47. The molecule has 2 rings (SSSR count). The number of methoxy groups -OCH3 is 1. The molecule has 0 aromatic carbocycles. The van der Waals surface area contributed by atoms with Crippen molar-refractivity contribution in [3.63, 3.8) is 0 Å². The van der Waals surface area contributed by atoms with Crippen molar-refractivity contribution in [2.45, 2.75) is 101 Å². The van der Waals surface area contributed by atoms with Crippen molar-refractivity contribution in [1.29, 1.82) is 0 Å². The van der Waals surface area contributed by atoms with Crippen LogP contribution in [0.3, 0.4) is 0 Å². The van der Waals surface area contributed by atoms with Gasteiger partial charge in [0, 0.05) is 32.3 Å². The Morgan fingerprint density at radius 3 is 1.44 bits per heavy atom. The molecule has 2 fully saturated rings. The highest BCUT2D eigenvalue weighted by atomic mass is 16.6. The van der Waals surface area contributed by atoms with E-state index in [9.17, 15) is 34.8 Å². The molecule has 3 amide bonds. The van der Waals surface area contributed by atoms with E-state index in [4.69, 9.17) is 14.2 Å². The minimum atomic E-state index is -1.37. The monoisotopic (exact) mass is 519 g/mol. The Labute approximate surface area is 211 Å². The molecule has 0 spiro atoms. The number of hydrogen-bond donors (Lipinski definition) is 6. The number of carbonyl (C=O) groups excluding carboxylic acids is 3. The van der Waals surface area contributed by atoms with Crippen LogP contribution in [0.1, 0.15) is 40.5 Å². The molecule has 2 aliphatic rings. The lowest BCUT2D eigenvalue weighted by atomic mass is 10.0. The van der Waals surface area contributed by atoms with Gasteiger partial charge in [0.2, 0.25) is 17.7 Å². The smallest absolute Gasteiger partial charge is 0.248 e. The zero-order chi connectivity index (χ0) is 27.2. The number of rotatable bonds is 12. The maximum Gasteiger partial charge on any atom is 0.248 e. The Morgan fingerprint density at radius 2 is 1.11 bits per heavy atom. The molecule has 0 bridgehead atoms. The molecule has 6 N–H and O–H groups in total. The highest BCUT2D eigenvalue weighted by Crippen LogP contribution is 2.27. The van der Waals surface area contributed by atoms with Crippen LogP contribution < -0.4 is 10.6 Å². The summed E-state index contributed by atoms with van der Waals surface area (Å²) in [7, 11) is 1.33. The van der Waals surface area contributed by atoms with Gasteiger partial charge in [0.1, 0.15) is 43.2 Å². The summed E-state index contributed by atoms with van der Waals surface area (Å²) >= 11 is 0. The van der Waals surface area contributed by atoms with E-state index in [1.54, 1.807) is 27.7 Å². The molecule has 208 valence electrons. The van der Waals surface area contributed by atoms with Gasteiger partial charge in [-0.2, -0.15) is 0 Å². The van der Waals surface area contributed by atoms with Crippen LogP contribution >= 0.6 is 0 Å². The predicted molar refractivity (Wildman–Crippen MR) is 126 cm³/mol. The van der Waals surface area contributed by atoms with Gasteiger partial charge in [-0.05, 0) is 27.7 Å². The lowest BCUT2D eigenvalue weighted by Crippen LogP contribution is -2.49. The third kappa shape index (κ3) is 8.33.